The van der Waals surface area contributed by atoms with Crippen LogP contribution in [0.3, 0.4) is 0 Å². The highest BCUT2D eigenvalue weighted by Gasteiger charge is 2.11. The van der Waals surface area contributed by atoms with Crippen LogP contribution in [0.4, 0.5) is 0 Å². The smallest absolute Gasteiger partial charge is 0.326 e. The molecule has 0 amide bonds. The van der Waals surface area contributed by atoms with Gasteiger partial charge in [0.25, 0.3) is 0 Å². The van der Waals surface area contributed by atoms with Crippen molar-refractivity contribution in [2.75, 3.05) is 13.2 Å². The average Bonchev–Trinajstić information content (AvgIpc) is 3.05. The minimum Gasteiger partial charge on any atom is -0.490 e. The molecule has 1 heterocycles. The second-order valence-electron chi connectivity index (χ2n) is 6.66. The zero-order valence-electron chi connectivity index (χ0n) is 15.6. The summed E-state index contributed by atoms with van der Waals surface area (Å²) in [6, 6.07) is 26.0. The number of aromatic amines is 1. The molecular weight excluding hydrogens is 350 g/mol. The molecule has 0 spiro atoms. The lowest BCUT2D eigenvalue weighted by Crippen LogP contribution is -2.20. The van der Waals surface area contributed by atoms with E-state index >= 15 is 0 Å². The highest BCUT2D eigenvalue weighted by molar-refractivity contribution is 5.81. The number of benzene rings is 3. The first-order chi connectivity index (χ1) is 13.8. The predicted molar refractivity (Wildman–Crippen MR) is 112 cm³/mol. The van der Waals surface area contributed by atoms with Crippen LogP contribution in [0.15, 0.2) is 83.7 Å². The molecule has 0 aliphatic heterocycles. The fourth-order valence-corrected chi connectivity index (χ4v) is 3.26. The fourth-order valence-electron chi connectivity index (χ4n) is 3.26. The van der Waals surface area contributed by atoms with E-state index in [0.717, 1.165) is 29.7 Å². The van der Waals surface area contributed by atoms with Gasteiger partial charge >= 0.3 is 5.69 Å². The Bertz CT molecular complexity index is 1090. The third-order valence-electron chi connectivity index (χ3n) is 4.66. The summed E-state index contributed by atoms with van der Waals surface area (Å²) in [4.78, 5) is 15.4. The van der Waals surface area contributed by atoms with Crippen LogP contribution < -0.4 is 15.7 Å². The Labute approximate surface area is 163 Å². The minimum atomic E-state index is -0.128. The zero-order chi connectivity index (χ0) is 19.2. The van der Waals surface area contributed by atoms with Crippen LogP contribution in [0, 0.1) is 0 Å². The lowest BCUT2D eigenvalue weighted by molar-refractivity contribution is 0.316. The summed E-state index contributed by atoms with van der Waals surface area (Å²) < 4.78 is 7.67. The van der Waals surface area contributed by atoms with Crippen LogP contribution in [0.2, 0.25) is 0 Å². The maximum Gasteiger partial charge on any atom is 0.326 e. The van der Waals surface area contributed by atoms with Gasteiger partial charge in [0.2, 0.25) is 0 Å². The van der Waals surface area contributed by atoms with Gasteiger partial charge in [-0.05, 0) is 23.3 Å². The second-order valence-corrected chi connectivity index (χ2v) is 6.66. The second kappa shape index (κ2) is 8.59. The summed E-state index contributed by atoms with van der Waals surface area (Å²) in [6.45, 7) is 2.58. The van der Waals surface area contributed by atoms with Crippen molar-refractivity contribution in [2.24, 2.45) is 0 Å². The molecule has 1 aromatic heterocycles. The molecule has 0 radical (unpaired) electrons. The molecule has 2 N–H and O–H groups in total. The number of nitrogens with zero attached hydrogens (tertiary/aromatic N) is 1. The van der Waals surface area contributed by atoms with Gasteiger partial charge in [0.05, 0.1) is 12.1 Å². The van der Waals surface area contributed by atoms with Crippen molar-refractivity contribution in [3.05, 3.63) is 100 Å². The van der Waals surface area contributed by atoms with Gasteiger partial charge in [-0.25, -0.2) is 4.79 Å². The molecule has 5 heteroatoms. The molecule has 3 aromatic carbocycles. The number of hydrogen-bond donors (Lipinski definition) is 2. The summed E-state index contributed by atoms with van der Waals surface area (Å²) in [5, 5.41) is 3.37. The molecule has 0 atom stereocenters. The van der Waals surface area contributed by atoms with E-state index < -0.39 is 0 Å². The van der Waals surface area contributed by atoms with E-state index in [9.17, 15) is 4.79 Å². The fraction of sp³-hybridized carbons (Fsp3) is 0.174. The summed E-state index contributed by atoms with van der Waals surface area (Å²) >= 11 is 0. The Morgan fingerprint density at radius 3 is 2.32 bits per heavy atom. The van der Waals surface area contributed by atoms with E-state index in [0.29, 0.717) is 18.9 Å². The molecule has 4 rings (SSSR count). The monoisotopic (exact) mass is 373 g/mol. The molecule has 0 unspecified atom stereocenters. The summed E-state index contributed by atoms with van der Waals surface area (Å²) in [5.41, 5.74) is 3.79. The molecule has 28 heavy (non-hydrogen) atoms. The van der Waals surface area contributed by atoms with Gasteiger partial charge in [-0.3, -0.25) is 4.57 Å². The number of para-hydroxylation sites is 1. The van der Waals surface area contributed by atoms with Crippen molar-refractivity contribution < 1.29 is 4.74 Å². The molecule has 4 aromatic rings. The van der Waals surface area contributed by atoms with Crippen molar-refractivity contribution in [1.82, 2.24) is 14.9 Å². The molecule has 5 nitrogen and oxygen atoms in total. The molecule has 0 fully saturated rings. The number of rotatable bonds is 8. The number of nitrogens with one attached hydrogen (secondary N) is 2. The van der Waals surface area contributed by atoms with Crippen LogP contribution in [0.5, 0.6) is 5.75 Å². The Balaban J connectivity index is 1.42. The van der Waals surface area contributed by atoms with Gasteiger partial charge in [0.15, 0.2) is 0 Å². The molecule has 0 bridgehead atoms. The Morgan fingerprint density at radius 2 is 1.57 bits per heavy atom. The van der Waals surface area contributed by atoms with E-state index in [4.69, 9.17) is 4.74 Å². The van der Waals surface area contributed by atoms with Gasteiger partial charge in [-0.2, -0.15) is 0 Å². The van der Waals surface area contributed by atoms with Crippen LogP contribution >= 0.6 is 0 Å². The van der Waals surface area contributed by atoms with E-state index in [1.807, 2.05) is 66.7 Å². The summed E-state index contributed by atoms with van der Waals surface area (Å²) in [5.74, 6) is 0.697. The molecule has 142 valence electrons. The topological polar surface area (TPSA) is 59.1 Å². The zero-order valence-corrected chi connectivity index (χ0v) is 15.6. The lowest BCUT2D eigenvalue weighted by atomic mass is 10.2. The average molecular weight is 373 g/mol. The van der Waals surface area contributed by atoms with Crippen molar-refractivity contribution in [3.8, 4) is 5.75 Å². The molecule has 0 aliphatic carbocycles. The van der Waals surface area contributed by atoms with Gasteiger partial charge < -0.3 is 15.0 Å². The van der Waals surface area contributed by atoms with E-state index in [2.05, 4.69) is 22.4 Å². The normalized spacial score (nSPS) is 11.0. The summed E-state index contributed by atoms with van der Waals surface area (Å²) in [7, 11) is 0. The van der Waals surface area contributed by atoms with Crippen molar-refractivity contribution in [1.29, 1.82) is 0 Å². The van der Waals surface area contributed by atoms with Crippen molar-refractivity contribution in [3.63, 3.8) is 0 Å². The Morgan fingerprint density at radius 1 is 0.857 bits per heavy atom. The van der Waals surface area contributed by atoms with E-state index in [1.165, 1.54) is 5.56 Å². The highest BCUT2D eigenvalue weighted by atomic mass is 16.5. The van der Waals surface area contributed by atoms with E-state index in [1.54, 1.807) is 4.57 Å². The quantitative estimate of drug-likeness (QED) is 0.465. The number of ether oxygens (including phenoxy) is 1. The number of fused-ring (bicyclic) bond motifs is 1. The largest absolute Gasteiger partial charge is 0.490 e. The number of aromatic nitrogens is 2. The first-order valence-corrected chi connectivity index (χ1v) is 9.44. The number of imidazole rings is 1. The number of hydrogen-bond acceptors (Lipinski definition) is 3. The maximum atomic E-state index is 12.5. The van der Waals surface area contributed by atoms with Crippen LogP contribution in [-0.4, -0.2) is 22.7 Å². The highest BCUT2D eigenvalue weighted by Crippen LogP contribution is 2.23. The van der Waals surface area contributed by atoms with Gasteiger partial charge in [0, 0.05) is 13.1 Å². The van der Waals surface area contributed by atoms with Crippen LogP contribution in [0.25, 0.3) is 11.0 Å². The van der Waals surface area contributed by atoms with Crippen LogP contribution in [-0.2, 0) is 13.1 Å². The Kier molecular flexibility index (Phi) is 5.54. The maximum absolute atomic E-state index is 12.5. The van der Waals surface area contributed by atoms with Gasteiger partial charge in [-0.1, -0.05) is 66.7 Å². The molecular formula is C23H23N3O2. The SMILES string of the molecule is O=c1[nH]c2c(OCCNCc3ccccc3)cccc2n1Cc1ccccc1. The number of H-pyrrole nitrogens is 1. The Hall–Kier alpha value is -3.31. The molecule has 0 aliphatic rings. The third-order valence-corrected chi connectivity index (χ3v) is 4.66. The van der Waals surface area contributed by atoms with Crippen molar-refractivity contribution in [2.45, 2.75) is 13.1 Å². The third kappa shape index (κ3) is 4.15. The standard InChI is InChI=1S/C23H23N3O2/c27-23-25-22-20(26(23)17-19-10-5-2-6-11-19)12-7-13-21(22)28-15-14-24-16-18-8-3-1-4-9-18/h1-13,24H,14-17H2,(H,25,27). The van der Waals surface area contributed by atoms with Crippen molar-refractivity contribution >= 4 is 11.0 Å². The predicted octanol–water partition coefficient (Wildman–Crippen LogP) is 3.55. The van der Waals surface area contributed by atoms with E-state index in [-0.39, 0.29) is 5.69 Å². The summed E-state index contributed by atoms with van der Waals surface area (Å²) in [6.07, 6.45) is 0. The van der Waals surface area contributed by atoms with Gasteiger partial charge in [0.1, 0.15) is 17.9 Å². The first kappa shape index (κ1) is 18.1. The first-order valence-electron chi connectivity index (χ1n) is 9.44. The minimum absolute atomic E-state index is 0.128. The lowest BCUT2D eigenvalue weighted by Gasteiger charge is -2.09. The van der Waals surface area contributed by atoms with Crippen LogP contribution in [0.1, 0.15) is 11.1 Å². The van der Waals surface area contributed by atoms with Gasteiger partial charge in [-0.15, -0.1) is 0 Å². The molecule has 0 saturated heterocycles. The molecule has 0 saturated carbocycles.